The lowest BCUT2D eigenvalue weighted by molar-refractivity contribution is 0.330. The smallest absolute Gasteiger partial charge is 0.247 e. The fraction of sp³-hybridized carbons (Fsp3) is 0.421. The number of fused-ring (bicyclic) bond motifs is 1. The lowest BCUT2D eigenvalue weighted by Gasteiger charge is -2.11. The molecular formula is C19H25N5O. The maximum atomic E-state index is 5.70. The van der Waals surface area contributed by atoms with Gasteiger partial charge in [-0.25, -0.2) is 4.98 Å². The van der Waals surface area contributed by atoms with Crippen molar-refractivity contribution in [1.82, 2.24) is 19.5 Å². The van der Waals surface area contributed by atoms with E-state index < -0.39 is 0 Å². The normalized spacial score (nSPS) is 11.0. The summed E-state index contributed by atoms with van der Waals surface area (Å²) in [6.45, 7) is 9.70. The molecule has 3 rings (SSSR count). The van der Waals surface area contributed by atoms with E-state index >= 15 is 0 Å². The summed E-state index contributed by atoms with van der Waals surface area (Å²) in [5.74, 6) is 1.05. The predicted octanol–water partition coefficient (Wildman–Crippen LogP) is 4.39. The van der Waals surface area contributed by atoms with Gasteiger partial charge in [0, 0.05) is 12.2 Å². The minimum atomic E-state index is 0.523. The van der Waals surface area contributed by atoms with Gasteiger partial charge in [0.05, 0.1) is 12.9 Å². The average Bonchev–Trinajstić information content (AvgIpc) is 2.99. The molecule has 0 fully saturated rings. The first-order chi connectivity index (χ1) is 12.1. The molecule has 0 saturated carbocycles. The zero-order chi connectivity index (χ0) is 17.8. The van der Waals surface area contributed by atoms with Gasteiger partial charge >= 0.3 is 0 Å². The van der Waals surface area contributed by atoms with E-state index in [4.69, 9.17) is 4.74 Å². The van der Waals surface area contributed by atoms with Crippen molar-refractivity contribution in [3.05, 3.63) is 35.7 Å². The van der Waals surface area contributed by atoms with Crippen LogP contribution in [0.1, 0.15) is 37.8 Å². The molecule has 1 aromatic carbocycles. The molecule has 0 aliphatic rings. The first kappa shape index (κ1) is 17.2. The summed E-state index contributed by atoms with van der Waals surface area (Å²) in [6.07, 6.45) is 4.02. The lowest BCUT2D eigenvalue weighted by atomic mass is 10.1. The van der Waals surface area contributed by atoms with Crippen LogP contribution in [0.3, 0.4) is 0 Å². The molecule has 0 radical (unpaired) electrons. The number of imidazole rings is 1. The van der Waals surface area contributed by atoms with Crippen molar-refractivity contribution in [1.29, 1.82) is 0 Å². The molecular weight excluding hydrogens is 314 g/mol. The largest absolute Gasteiger partial charge is 0.476 e. The van der Waals surface area contributed by atoms with Gasteiger partial charge in [-0.1, -0.05) is 31.0 Å². The van der Waals surface area contributed by atoms with Gasteiger partial charge in [-0.15, -0.1) is 0 Å². The SMILES string of the molecule is CCCCn1cnc2c(OCC)nc(Nc3ccc(C)cc3C)nc21. The quantitative estimate of drug-likeness (QED) is 0.692. The van der Waals surface area contributed by atoms with Gasteiger partial charge in [0.1, 0.15) is 0 Å². The summed E-state index contributed by atoms with van der Waals surface area (Å²) in [6, 6.07) is 6.26. The number of anilines is 2. The van der Waals surface area contributed by atoms with Crippen LogP contribution in [-0.4, -0.2) is 26.1 Å². The molecule has 0 aliphatic heterocycles. The number of aromatic nitrogens is 4. The summed E-state index contributed by atoms with van der Waals surface area (Å²) in [5.41, 5.74) is 4.89. The Bertz CT molecular complexity index is 872. The molecule has 0 atom stereocenters. The molecule has 0 amide bonds. The number of hydrogen-bond acceptors (Lipinski definition) is 5. The van der Waals surface area contributed by atoms with Gasteiger partial charge in [0.15, 0.2) is 11.2 Å². The molecule has 2 aromatic heterocycles. The van der Waals surface area contributed by atoms with Crippen LogP contribution in [0.25, 0.3) is 11.2 Å². The van der Waals surface area contributed by atoms with Gasteiger partial charge in [-0.2, -0.15) is 9.97 Å². The number of aryl methyl sites for hydroxylation is 3. The number of unbranched alkanes of at least 4 members (excludes halogenated alkanes) is 1. The topological polar surface area (TPSA) is 64.9 Å². The van der Waals surface area contributed by atoms with Gasteiger partial charge in [0.25, 0.3) is 0 Å². The molecule has 0 saturated heterocycles. The number of benzene rings is 1. The molecule has 6 heteroatoms. The Morgan fingerprint density at radius 1 is 1.16 bits per heavy atom. The highest BCUT2D eigenvalue weighted by Crippen LogP contribution is 2.26. The van der Waals surface area contributed by atoms with Crippen molar-refractivity contribution < 1.29 is 4.74 Å². The number of hydrogen-bond donors (Lipinski definition) is 1. The van der Waals surface area contributed by atoms with Gasteiger partial charge in [-0.05, 0) is 38.8 Å². The fourth-order valence-electron chi connectivity index (χ4n) is 2.78. The minimum absolute atomic E-state index is 0.523. The number of ether oxygens (including phenoxy) is 1. The Labute approximate surface area is 148 Å². The summed E-state index contributed by atoms with van der Waals surface area (Å²) < 4.78 is 7.76. The Balaban J connectivity index is 2.01. The van der Waals surface area contributed by atoms with Crippen molar-refractivity contribution in [3.63, 3.8) is 0 Å². The van der Waals surface area contributed by atoms with Crippen molar-refractivity contribution in [2.24, 2.45) is 0 Å². The third kappa shape index (κ3) is 3.73. The fourth-order valence-corrected chi connectivity index (χ4v) is 2.78. The van der Waals surface area contributed by atoms with Crippen LogP contribution in [-0.2, 0) is 6.54 Å². The van der Waals surface area contributed by atoms with Crippen LogP contribution in [0.15, 0.2) is 24.5 Å². The molecule has 3 aromatic rings. The molecule has 0 bridgehead atoms. The van der Waals surface area contributed by atoms with Crippen LogP contribution < -0.4 is 10.1 Å². The van der Waals surface area contributed by atoms with E-state index in [1.54, 1.807) is 0 Å². The standard InChI is InChI=1S/C19H25N5O/c1-5-7-10-24-12-20-16-17(24)22-19(23-18(16)25-6-2)21-15-9-8-13(3)11-14(15)4/h8-9,11-12H,5-7,10H2,1-4H3,(H,21,22,23). The highest BCUT2D eigenvalue weighted by molar-refractivity contribution is 5.78. The van der Waals surface area contributed by atoms with E-state index in [1.165, 1.54) is 5.56 Å². The van der Waals surface area contributed by atoms with E-state index in [-0.39, 0.29) is 0 Å². The lowest BCUT2D eigenvalue weighted by Crippen LogP contribution is -2.05. The third-order valence-electron chi connectivity index (χ3n) is 4.09. The minimum Gasteiger partial charge on any atom is -0.476 e. The highest BCUT2D eigenvalue weighted by atomic mass is 16.5. The zero-order valence-corrected chi connectivity index (χ0v) is 15.3. The second-order valence-corrected chi connectivity index (χ2v) is 6.19. The molecule has 2 heterocycles. The predicted molar refractivity (Wildman–Crippen MR) is 101 cm³/mol. The molecule has 0 aliphatic carbocycles. The first-order valence-corrected chi connectivity index (χ1v) is 8.82. The second-order valence-electron chi connectivity index (χ2n) is 6.19. The zero-order valence-electron chi connectivity index (χ0n) is 15.3. The molecule has 6 nitrogen and oxygen atoms in total. The number of nitrogens with one attached hydrogen (secondary N) is 1. The van der Waals surface area contributed by atoms with E-state index in [0.29, 0.717) is 24.0 Å². The summed E-state index contributed by atoms with van der Waals surface area (Å²) in [5, 5.41) is 3.32. The van der Waals surface area contributed by atoms with Crippen molar-refractivity contribution in [2.75, 3.05) is 11.9 Å². The van der Waals surface area contributed by atoms with Crippen LogP contribution >= 0.6 is 0 Å². The number of nitrogens with zero attached hydrogens (tertiary/aromatic N) is 4. The van der Waals surface area contributed by atoms with E-state index in [2.05, 4.69) is 57.7 Å². The Morgan fingerprint density at radius 2 is 2.00 bits per heavy atom. The van der Waals surface area contributed by atoms with Crippen LogP contribution in [0.5, 0.6) is 5.88 Å². The van der Waals surface area contributed by atoms with Gasteiger partial charge in [-0.3, -0.25) is 0 Å². The van der Waals surface area contributed by atoms with E-state index in [9.17, 15) is 0 Å². The molecule has 132 valence electrons. The second kappa shape index (κ2) is 7.51. The maximum Gasteiger partial charge on any atom is 0.247 e. The maximum absolute atomic E-state index is 5.70. The third-order valence-corrected chi connectivity index (χ3v) is 4.09. The molecule has 0 unspecified atom stereocenters. The van der Waals surface area contributed by atoms with Crippen molar-refractivity contribution >= 4 is 22.8 Å². The van der Waals surface area contributed by atoms with Crippen molar-refractivity contribution in [2.45, 2.75) is 47.1 Å². The summed E-state index contributed by atoms with van der Waals surface area (Å²) in [4.78, 5) is 13.7. The van der Waals surface area contributed by atoms with E-state index in [0.717, 1.165) is 36.3 Å². The van der Waals surface area contributed by atoms with E-state index in [1.807, 2.05) is 19.3 Å². The molecule has 1 N–H and O–H groups in total. The number of rotatable bonds is 7. The summed E-state index contributed by atoms with van der Waals surface area (Å²) in [7, 11) is 0. The Kier molecular flexibility index (Phi) is 5.16. The summed E-state index contributed by atoms with van der Waals surface area (Å²) >= 11 is 0. The average molecular weight is 339 g/mol. The van der Waals surface area contributed by atoms with Crippen LogP contribution in [0.2, 0.25) is 0 Å². The molecule has 25 heavy (non-hydrogen) atoms. The Morgan fingerprint density at radius 3 is 2.72 bits per heavy atom. The van der Waals surface area contributed by atoms with Crippen LogP contribution in [0.4, 0.5) is 11.6 Å². The van der Waals surface area contributed by atoms with Gasteiger partial charge in [0.2, 0.25) is 11.8 Å². The Hall–Kier alpha value is -2.63. The van der Waals surface area contributed by atoms with Crippen molar-refractivity contribution in [3.8, 4) is 5.88 Å². The van der Waals surface area contributed by atoms with Crippen LogP contribution in [0, 0.1) is 13.8 Å². The monoisotopic (exact) mass is 339 g/mol. The molecule has 0 spiro atoms. The van der Waals surface area contributed by atoms with Gasteiger partial charge < -0.3 is 14.6 Å². The first-order valence-electron chi connectivity index (χ1n) is 8.82. The highest BCUT2D eigenvalue weighted by Gasteiger charge is 2.15.